The molecule has 0 amide bonds. The van der Waals surface area contributed by atoms with E-state index in [9.17, 15) is 0 Å². The molecule has 1 rings (SSSR count). The number of hydrogen-bond acceptors (Lipinski definition) is 3. The van der Waals surface area contributed by atoms with Crippen molar-refractivity contribution in [2.24, 2.45) is 0 Å². The predicted octanol–water partition coefficient (Wildman–Crippen LogP) is 6.34. The summed E-state index contributed by atoms with van der Waals surface area (Å²) in [5.74, 6) is 0.645. The maximum Gasteiger partial charge on any atom is 0.529 e. The molecule has 0 heterocycles. The lowest BCUT2D eigenvalue weighted by atomic mass is 10.3. The van der Waals surface area contributed by atoms with Gasteiger partial charge in [0, 0.05) is 0 Å². The van der Waals surface area contributed by atoms with Crippen LogP contribution >= 0.6 is 8.60 Å². The Labute approximate surface area is 145 Å². The first-order chi connectivity index (χ1) is 11.9. The Hall–Kier alpha value is -2.77. The van der Waals surface area contributed by atoms with Crippen LogP contribution < -0.4 is 0 Å². The summed E-state index contributed by atoms with van der Waals surface area (Å²) in [6.45, 7) is 7.19. The van der Waals surface area contributed by atoms with Gasteiger partial charge in [0.2, 0.25) is 0 Å². The third-order valence-corrected chi connectivity index (χ3v) is 3.26. The third-order valence-electron chi connectivity index (χ3n) is 2.31. The topological polar surface area (TPSA) is 27.7 Å². The van der Waals surface area contributed by atoms with Crippen LogP contribution in [0.5, 0.6) is 0 Å². The average molecular weight is 340 g/mol. The highest BCUT2D eigenvalue weighted by atomic mass is 31.2. The van der Waals surface area contributed by atoms with Crippen molar-refractivity contribution in [3.63, 3.8) is 0 Å². The van der Waals surface area contributed by atoms with Gasteiger partial charge in [-0.3, -0.25) is 0 Å². The fourth-order valence-corrected chi connectivity index (χ4v) is 2.08. The van der Waals surface area contributed by atoms with E-state index in [0.717, 1.165) is 0 Å². The summed E-state index contributed by atoms with van der Waals surface area (Å²) < 4.78 is 16.8. The molecule has 0 aromatic heterocycles. The standard InChI is InChI=1S/C20H21O3P/c1-3-5-7-14-18-21-24(22-19-15-8-6-4-2)23-20-16-12-10-9-11-13-17-20/h3-19H,1-2H2/b7-5-,8-6-,10-9+,11-9?,12-10?,13-11-,16-12+,17-13?,18-14+,19-15+,20-16?,20-17+. The van der Waals surface area contributed by atoms with Crippen molar-refractivity contribution in [2.75, 3.05) is 0 Å². The van der Waals surface area contributed by atoms with E-state index in [0.29, 0.717) is 5.76 Å². The summed E-state index contributed by atoms with van der Waals surface area (Å²) in [5.41, 5.74) is 0. The van der Waals surface area contributed by atoms with Gasteiger partial charge in [-0.2, -0.15) is 0 Å². The van der Waals surface area contributed by atoms with Gasteiger partial charge < -0.3 is 13.6 Å². The van der Waals surface area contributed by atoms with Gasteiger partial charge in [0.05, 0.1) is 12.5 Å². The molecule has 0 atom stereocenters. The minimum Gasteiger partial charge on any atom is -0.416 e. The Bertz CT molecular complexity index is 587. The summed E-state index contributed by atoms with van der Waals surface area (Å²) in [7, 11) is -1.62. The van der Waals surface area contributed by atoms with Gasteiger partial charge in [0.25, 0.3) is 0 Å². The lowest BCUT2D eigenvalue weighted by Crippen LogP contribution is -1.88. The highest BCUT2D eigenvalue weighted by Crippen LogP contribution is 2.43. The Kier molecular flexibility index (Phi) is 11.1. The van der Waals surface area contributed by atoms with Crippen LogP contribution in [0.15, 0.2) is 123 Å². The molecule has 0 aromatic rings. The third kappa shape index (κ3) is 10.0. The molecule has 0 saturated heterocycles. The van der Waals surface area contributed by atoms with Crippen molar-refractivity contribution in [3.8, 4) is 0 Å². The van der Waals surface area contributed by atoms with Crippen molar-refractivity contribution < 1.29 is 13.6 Å². The second-order valence-electron chi connectivity index (χ2n) is 4.12. The van der Waals surface area contributed by atoms with E-state index in [1.54, 1.807) is 48.6 Å². The molecule has 1 aliphatic carbocycles. The van der Waals surface area contributed by atoms with E-state index in [1.807, 2.05) is 42.5 Å². The van der Waals surface area contributed by atoms with Gasteiger partial charge in [-0.15, -0.1) is 0 Å². The van der Waals surface area contributed by atoms with E-state index < -0.39 is 8.60 Å². The van der Waals surface area contributed by atoms with Gasteiger partial charge in [0.15, 0.2) is 0 Å². The first kappa shape index (κ1) is 19.3. The van der Waals surface area contributed by atoms with Crippen molar-refractivity contribution in [2.45, 2.75) is 0 Å². The average Bonchev–Trinajstić information content (AvgIpc) is 2.56. The van der Waals surface area contributed by atoms with E-state index in [1.165, 1.54) is 12.5 Å². The van der Waals surface area contributed by atoms with Gasteiger partial charge in [0.1, 0.15) is 5.76 Å². The molecule has 124 valence electrons. The second-order valence-corrected chi connectivity index (χ2v) is 5.17. The van der Waals surface area contributed by atoms with Crippen LogP contribution in [0.3, 0.4) is 0 Å². The largest absolute Gasteiger partial charge is 0.529 e. The molecular weight excluding hydrogens is 319 g/mol. The van der Waals surface area contributed by atoms with Crippen LogP contribution in [0.4, 0.5) is 0 Å². The molecule has 0 aromatic carbocycles. The molecule has 0 saturated carbocycles. The summed E-state index contributed by atoms with van der Waals surface area (Å²) in [6.07, 6.45) is 30.2. The molecule has 0 N–H and O–H groups in total. The van der Waals surface area contributed by atoms with E-state index in [4.69, 9.17) is 13.6 Å². The fourth-order valence-electron chi connectivity index (χ4n) is 1.31. The smallest absolute Gasteiger partial charge is 0.416 e. The Morgan fingerprint density at radius 3 is 1.92 bits per heavy atom. The second kappa shape index (κ2) is 13.9. The Morgan fingerprint density at radius 2 is 1.29 bits per heavy atom. The first-order valence-electron chi connectivity index (χ1n) is 7.28. The highest BCUT2D eigenvalue weighted by Gasteiger charge is 2.14. The molecule has 0 radical (unpaired) electrons. The van der Waals surface area contributed by atoms with E-state index in [2.05, 4.69) is 13.2 Å². The zero-order valence-electron chi connectivity index (χ0n) is 13.4. The van der Waals surface area contributed by atoms with Crippen molar-refractivity contribution in [1.29, 1.82) is 0 Å². The van der Waals surface area contributed by atoms with Crippen LogP contribution in [0.25, 0.3) is 0 Å². The first-order valence-corrected chi connectivity index (χ1v) is 8.38. The highest BCUT2D eigenvalue weighted by molar-refractivity contribution is 7.42. The molecule has 0 unspecified atom stereocenters. The maximum absolute atomic E-state index is 5.76. The summed E-state index contributed by atoms with van der Waals surface area (Å²) in [4.78, 5) is 0. The minimum absolute atomic E-state index is 0.645. The summed E-state index contributed by atoms with van der Waals surface area (Å²) >= 11 is 0. The van der Waals surface area contributed by atoms with Crippen molar-refractivity contribution in [3.05, 3.63) is 123 Å². The monoisotopic (exact) mass is 340 g/mol. The van der Waals surface area contributed by atoms with Crippen LogP contribution in [0, 0.1) is 0 Å². The van der Waals surface area contributed by atoms with Gasteiger partial charge >= 0.3 is 8.60 Å². The summed E-state index contributed by atoms with van der Waals surface area (Å²) in [5, 5.41) is 0. The van der Waals surface area contributed by atoms with Crippen LogP contribution in [-0.4, -0.2) is 0 Å². The molecular formula is C20H21O3P. The molecule has 4 heteroatoms. The molecule has 0 spiro atoms. The molecule has 0 bridgehead atoms. The van der Waals surface area contributed by atoms with Crippen LogP contribution in [-0.2, 0) is 13.6 Å². The SMILES string of the molecule is C=C/C=C\C=C\OP(O/C=C/C=C\C=C)OC1=C/C=C\C=C\C=C\1. The molecule has 24 heavy (non-hydrogen) atoms. The maximum atomic E-state index is 5.76. The van der Waals surface area contributed by atoms with Crippen LogP contribution in [0.1, 0.15) is 0 Å². The molecule has 1 aliphatic rings. The predicted molar refractivity (Wildman–Crippen MR) is 103 cm³/mol. The fraction of sp³-hybridized carbons (Fsp3) is 0. The van der Waals surface area contributed by atoms with E-state index >= 15 is 0 Å². The number of hydrogen-bond donors (Lipinski definition) is 0. The van der Waals surface area contributed by atoms with Gasteiger partial charge in [-0.25, -0.2) is 0 Å². The summed E-state index contributed by atoms with van der Waals surface area (Å²) in [6, 6.07) is 0. The van der Waals surface area contributed by atoms with E-state index in [-0.39, 0.29) is 0 Å². The van der Waals surface area contributed by atoms with Gasteiger partial charge in [-0.1, -0.05) is 80.0 Å². The van der Waals surface area contributed by atoms with Crippen molar-refractivity contribution in [1.82, 2.24) is 0 Å². The molecule has 0 aliphatic heterocycles. The lowest BCUT2D eigenvalue weighted by molar-refractivity contribution is 0.292. The Morgan fingerprint density at radius 1 is 0.708 bits per heavy atom. The van der Waals surface area contributed by atoms with Gasteiger partial charge in [-0.05, 0) is 24.3 Å². The zero-order valence-corrected chi connectivity index (χ0v) is 14.3. The van der Waals surface area contributed by atoms with Crippen molar-refractivity contribution >= 4 is 8.60 Å². The lowest BCUT2D eigenvalue weighted by Gasteiger charge is -2.14. The zero-order chi connectivity index (χ0) is 17.3. The molecule has 0 fully saturated rings. The Balaban J connectivity index is 2.67. The minimum atomic E-state index is -1.62. The molecule has 3 nitrogen and oxygen atoms in total. The number of rotatable bonds is 10. The normalized spacial score (nSPS) is 20.6. The van der Waals surface area contributed by atoms with Crippen LogP contribution in [0.2, 0.25) is 0 Å². The quantitative estimate of drug-likeness (QED) is 0.264. The number of allylic oxidation sites excluding steroid dienone is 15.